The maximum Gasteiger partial charge on any atom is 0.0684 e. The molecule has 2 heteroatoms. The Balaban J connectivity index is 0.000000437. The van der Waals surface area contributed by atoms with Crippen molar-refractivity contribution in [3.8, 4) is 0 Å². The van der Waals surface area contributed by atoms with E-state index in [2.05, 4.69) is 0 Å². The van der Waals surface area contributed by atoms with Gasteiger partial charge in [-0.25, -0.2) is 0 Å². The molecule has 0 saturated carbocycles. The van der Waals surface area contributed by atoms with E-state index in [4.69, 9.17) is 10.5 Å². The Bertz CT molecular complexity index is 395. The fourth-order valence-electron chi connectivity index (χ4n) is 1.38. The third kappa shape index (κ3) is 4.21. The van der Waals surface area contributed by atoms with Crippen LogP contribution in [-0.4, -0.2) is 17.4 Å². The molecular weight excluding hydrogens is 210 g/mol. The van der Waals surface area contributed by atoms with Gasteiger partial charge in [-0.3, -0.25) is 5.41 Å². The van der Waals surface area contributed by atoms with Gasteiger partial charge in [-0.05, 0) is 18.1 Å². The highest BCUT2D eigenvalue weighted by molar-refractivity contribution is 6.10. The van der Waals surface area contributed by atoms with Crippen LogP contribution in [0.5, 0.6) is 0 Å². The van der Waals surface area contributed by atoms with Gasteiger partial charge < -0.3 is 5.11 Å². The largest absolute Gasteiger partial charge is 0.397 e. The molecule has 2 nitrogen and oxygen atoms in total. The van der Waals surface area contributed by atoms with Gasteiger partial charge in [-0.1, -0.05) is 60.7 Å². The van der Waals surface area contributed by atoms with Crippen LogP contribution in [0, 0.1) is 5.41 Å². The quantitative estimate of drug-likeness (QED) is 0.761. The Morgan fingerprint density at radius 2 is 1.18 bits per heavy atom. The standard InChI is InChI=1S/C13H11N.C2H6O/c14-13(11-7-3-1-4-8-11)12-9-5-2-6-10-12;1-2-3/h1-10,14H;3H,2H2,1H3. The number of aliphatic hydroxyl groups excluding tert-OH is 1. The number of rotatable bonds is 2. The second kappa shape index (κ2) is 7.36. The van der Waals surface area contributed by atoms with Crippen molar-refractivity contribution < 1.29 is 5.11 Å². The Morgan fingerprint density at radius 3 is 1.47 bits per heavy atom. The maximum absolute atomic E-state index is 7.97. The summed E-state index contributed by atoms with van der Waals surface area (Å²) in [5.41, 5.74) is 2.49. The van der Waals surface area contributed by atoms with Crippen LogP contribution in [0.15, 0.2) is 60.7 Å². The minimum atomic E-state index is 0.250. The summed E-state index contributed by atoms with van der Waals surface area (Å²) in [5, 5.41) is 15.5. The summed E-state index contributed by atoms with van der Waals surface area (Å²) < 4.78 is 0. The zero-order chi connectivity index (χ0) is 12.5. The first-order chi connectivity index (χ1) is 8.29. The smallest absolute Gasteiger partial charge is 0.0684 e. The van der Waals surface area contributed by atoms with Crippen molar-refractivity contribution in [1.82, 2.24) is 0 Å². The molecule has 0 aromatic heterocycles. The van der Waals surface area contributed by atoms with Gasteiger partial charge in [0, 0.05) is 6.61 Å². The van der Waals surface area contributed by atoms with E-state index in [1.807, 2.05) is 60.7 Å². The fourth-order valence-corrected chi connectivity index (χ4v) is 1.38. The lowest BCUT2D eigenvalue weighted by Crippen LogP contribution is -1.99. The number of aliphatic hydroxyl groups is 1. The highest BCUT2D eigenvalue weighted by atomic mass is 16.2. The molecule has 0 unspecified atom stereocenters. The average Bonchev–Trinajstić information content (AvgIpc) is 2.41. The molecule has 0 aliphatic carbocycles. The van der Waals surface area contributed by atoms with Crippen molar-refractivity contribution >= 4 is 5.71 Å². The summed E-state index contributed by atoms with van der Waals surface area (Å²) in [6.07, 6.45) is 0. The fraction of sp³-hybridized carbons (Fsp3) is 0.133. The normalized spacial score (nSPS) is 9.06. The number of hydrogen-bond donors (Lipinski definition) is 2. The minimum absolute atomic E-state index is 0.250. The summed E-state index contributed by atoms with van der Waals surface area (Å²) in [5.74, 6) is 0. The molecule has 88 valence electrons. The third-order valence-corrected chi connectivity index (χ3v) is 2.12. The van der Waals surface area contributed by atoms with Gasteiger partial charge in [-0.2, -0.15) is 0 Å². The molecule has 0 radical (unpaired) electrons. The summed E-state index contributed by atoms with van der Waals surface area (Å²) in [4.78, 5) is 0. The summed E-state index contributed by atoms with van der Waals surface area (Å²) in [7, 11) is 0. The Morgan fingerprint density at radius 1 is 0.882 bits per heavy atom. The maximum atomic E-state index is 7.97. The molecule has 17 heavy (non-hydrogen) atoms. The van der Waals surface area contributed by atoms with E-state index in [0.717, 1.165) is 11.1 Å². The predicted molar refractivity (Wildman–Crippen MR) is 71.6 cm³/mol. The van der Waals surface area contributed by atoms with Gasteiger partial charge in [0.15, 0.2) is 0 Å². The lowest BCUT2D eigenvalue weighted by Gasteiger charge is -2.02. The molecule has 0 bridgehead atoms. The Kier molecular flexibility index (Phi) is 5.69. The predicted octanol–water partition coefficient (Wildman–Crippen LogP) is 3.10. The van der Waals surface area contributed by atoms with Gasteiger partial charge in [-0.15, -0.1) is 0 Å². The summed E-state index contributed by atoms with van der Waals surface area (Å²) in [6.45, 7) is 1.93. The van der Waals surface area contributed by atoms with E-state index in [9.17, 15) is 0 Å². The molecular formula is C15H17NO. The Hall–Kier alpha value is -1.93. The average molecular weight is 227 g/mol. The molecule has 0 aliphatic heterocycles. The number of nitrogens with one attached hydrogen (secondary N) is 1. The van der Waals surface area contributed by atoms with Gasteiger partial charge in [0.2, 0.25) is 0 Å². The van der Waals surface area contributed by atoms with E-state index >= 15 is 0 Å². The summed E-state index contributed by atoms with van der Waals surface area (Å²) in [6, 6.07) is 19.5. The topological polar surface area (TPSA) is 44.1 Å². The molecule has 2 aromatic carbocycles. The second-order valence-corrected chi connectivity index (χ2v) is 3.42. The molecule has 0 aliphatic rings. The Labute approximate surface area is 102 Å². The van der Waals surface area contributed by atoms with Gasteiger partial charge in [0.1, 0.15) is 0 Å². The van der Waals surface area contributed by atoms with Crippen LogP contribution in [0.2, 0.25) is 0 Å². The van der Waals surface area contributed by atoms with Crippen LogP contribution in [0.3, 0.4) is 0 Å². The highest BCUT2D eigenvalue weighted by Gasteiger charge is 2.01. The summed E-state index contributed by atoms with van der Waals surface area (Å²) >= 11 is 0. The molecule has 2 rings (SSSR count). The van der Waals surface area contributed by atoms with Crippen molar-refractivity contribution in [3.63, 3.8) is 0 Å². The van der Waals surface area contributed by atoms with Crippen LogP contribution < -0.4 is 0 Å². The first-order valence-corrected chi connectivity index (χ1v) is 5.59. The first kappa shape index (κ1) is 13.1. The van der Waals surface area contributed by atoms with E-state index < -0.39 is 0 Å². The van der Waals surface area contributed by atoms with Gasteiger partial charge in [0.25, 0.3) is 0 Å². The molecule has 0 fully saturated rings. The van der Waals surface area contributed by atoms with Crippen LogP contribution >= 0.6 is 0 Å². The van der Waals surface area contributed by atoms with Gasteiger partial charge in [0.05, 0.1) is 5.71 Å². The monoisotopic (exact) mass is 227 g/mol. The zero-order valence-corrected chi connectivity index (χ0v) is 9.93. The van der Waals surface area contributed by atoms with Crippen molar-refractivity contribution in [3.05, 3.63) is 71.8 Å². The van der Waals surface area contributed by atoms with Gasteiger partial charge >= 0.3 is 0 Å². The first-order valence-electron chi connectivity index (χ1n) is 5.59. The molecule has 0 amide bonds. The highest BCUT2D eigenvalue weighted by Crippen LogP contribution is 2.08. The van der Waals surface area contributed by atoms with E-state index in [1.165, 1.54) is 0 Å². The van der Waals surface area contributed by atoms with Crippen LogP contribution in [0.1, 0.15) is 18.1 Å². The van der Waals surface area contributed by atoms with Crippen LogP contribution in [0.4, 0.5) is 0 Å². The van der Waals surface area contributed by atoms with E-state index in [1.54, 1.807) is 6.92 Å². The van der Waals surface area contributed by atoms with E-state index in [0.29, 0.717) is 5.71 Å². The van der Waals surface area contributed by atoms with Crippen molar-refractivity contribution in [1.29, 1.82) is 5.41 Å². The SMILES string of the molecule is CCO.N=C(c1ccccc1)c1ccccc1. The molecule has 0 saturated heterocycles. The molecule has 0 atom stereocenters. The molecule has 2 aromatic rings. The number of hydrogen-bond acceptors (Lipinski definition) is 2. The van der Waals surface area contributed by atoms with Crippen LogP contribution in [0.25, 0.3) is 0 Å². The zero-order valence-electron chi connectivity index (χ0n) is 9.93. The second-order valence-electron chi connectivity index (χ2n) is 3.42. The van der Waals surface area contributed by atoms with Crippen molar-refractivity contribution in [2.45, 2.75) is 6.92 Å². The molecule has 0 spiro atoms. The lowest BCUT2D eigenvalue weighted by molar-refractivity contribution is 0.318. The number of benzene rings is 2. The van der Waals surface area contributed by atoms with Crippen molar-refractivity contribution in [2.24, 2.45) is 0 Å². The lowest BCUT2D eigenvalue weighted by atomic mass is 10.0. The third-order valence-electron chi connectivity index (χ3n) is 2.12. The van der Waals surface area contributed by atoms with E-state index in [-0.39, 0.29) is 6.61 Å². The van der Waals surface area contributed by atoms with Crippen molar-refractivity contribution in [2.75, 3.05) is 6.61 Å². The molecule has 2 N–H and O–H groups in total. The van der Waals surface area contributed by atoms with Crippen LogP contribution in [-0.2, 0) is 0 Å². The molecule has 0 heterocycles. The minimum Gasteiger partial charge on any atom is -0.397 e.